The normalized spacial score (nSPS) is 16.7. The highest BCUT2D eigenvalue weighted by atomic mass is 16.5. The minimum Gasteiger partial charge on any atom is -0.481 e. The monoisotopic (exact) mass is 410 g/mol. The molecule has 10 nitrogen and oxygen atoms in total. The van der Waals surface area contributed by atoms with Gasteiger partial charge in [0.05, 0.1) is 35.8 Å². The molecule has 1 aliphatic rings. The second-order valence-corrected chi connectivity index (χ2v) is 7.48. The van der Waals surface area contributed by atoms with E-state index in [1.807, 2.05) is 31.1 Å². The minimum atomic E-state index is -0.141. The molecule has 0 bridgehead atoms. The predicted molar refractivity (Wildman–Crippen MR) is 116 cm³/mol. The number of carbonyl (C=O) groups excluding carboxylic acids is 1. The molecule has 1 atom stereocenters. The number of hydrogen-bond acceptors (Lipinski definition) is 7. The van der Waals surface area contributed by atoms with Gasteiger partial charge in [-0.2, -0.15) is 5.10 Å². The lowest BCUT2D eigenvalue weighted by molar-refractivity contribution is 0.200. The molecule has 4 rings (SSSR count). The van der Waals surface area contributed by atoms with Gasteiger partial charge in [0, 0.05) is 44.9 Å². The molecule has 10 heteroatoms. The summed E-state index contributed by atoms with van der Waals surface area (Å²) in [5, 5.41) is 8.22. The SMILES string of the molecule is COc1ccc(NC(=O)N2CCN(c3cc(N)nc4c3cnn4C)[C@@H](C)C2)c(C)n1. The Morgan fingerprint density at radius 1 is 1.30 bits per heavy atom. The minimum absolute atomic E-state index is 0.102. The number of methoxy groups -OCH3 is 1. The number of hydrogen-bond donors (Lipinski definition) is 2. The van der Waals surface area contributed by atoms with Gasteiger partial charge in [0.15, 0.2) is 5.65 Å². The molecule has 1 fully saturated rings. The van der Waals surface area contributed by atoms with Gasteiger partial charge in [-0.25, -0.2) is 14.8 Å². The molecule has 1 aliphatic heterocycles. The number of piperazine rings is 1. The second kappa shape index (κ2) is 7.69. The Balaban J connectivity index is 1.49. The maximum absolute atomic E-state index is 12.8. The van der Waals surface area contributed by atoms with Gasteiger partial charge >= 0.3 is 6.03 Å². The summed E-state index contributed by atoms with van der Waals surface area (Å²) in [7, 11) is 3.41. The lowest BCUT2D eigenvalue weighted by Crippen LogP contribution is -2.54. The standard InChI is InChI=1S/C20H26N8O2/c1-12-11-27(20(29)24-15-5-6-18(30-4)23-13(15)2)7-8-28(12)16-9-17(21)25-19-14(16)10-22-26(19)3/h5-6,9-10,12H,7-8,11H2,1-4H3,(H2,21,25)(H,24,29)/t12-/m0/s1. The number of fused-ring (bicyclic) bond motifs is 1. The van der Waals surface area contributed by atoms with Crippen LogP contribution >= 0.6 is 0 Å². The maximum atomic E-state index is 12.8. The van der Waals surface area contributed by atoms with Crippen LogP contribution < -0.4 is 20.7 Å². The van der Waals surface area contributed by atoms with E-state index in [1.165, 1.54) is 0 Å². The summed E-state index contributed by atoms with van der Waals surface area (Å²) < 4.78 is 6.84. The van der Waals surface area contributed by atoms with E-state index < -0.39 is 0 Å². The van der Waals surface area contributed by atoms with Crippen LogP contribution in [-0.2, 0) is 7.05 Å². The van der Waals surface area contributed by atoms with Crippen molar-refractivity contribution in [2.75, 3.05) is 42.7 Å². The van der Waals surface area contributed by atoms with Crippen molar-refractivity contribution < 1.29 is 9.53 Å². The second-order valence-electron chi connectivity index (χ2n) is 7.48. The van der Waals surface area contributed by atoms with E-state index >= 15 is 0 Å². The Hall–Kier alpha value is -3.56. The van der Waals surface area contributed by atoms with Crippen LogP contribution in [0.25, 0.3) is 11.0 Å². The van der Waals surface area contributed by atoms with Crippen LogP contribution in [0.2, 0.25) is 0 Å². The van der Waals surface area contributed by atoms with E-state index in [9.17, 15) is 4.79 Å². The third-order valence-electron chi connectivity index (χ3n) is 5.44. The van der Waals surface area contributed by atoms with Crippen LogP contribution in [0, 0.1) is 6.92 Å². The van der Waals surface area contributed by atoms with Crippen LogP contribution in [0.5, 0.6) is 5.88 Å². The zero-order chi connectivity index (χ0) is 21.4. The first-order valence-corrected chi connectivity index (χ1v) is 9.80. The molecule has 3 aromatic heterocycles. The number of nitrogens with two attached hydrogens (primary N) is 1. The van der Waals surface area contributed by atoms with Crippen LogP contribution in [-0.4, -0.2) is 63.5 Å². The van der Waals surface area contributed by atoms with Crippen molar-refractivity contribution in [2.24, 2.45) is 7.05 Å². The van der Waals surface area contributed by atoms with Crippen molar-refractivity contribution in [3.8, 4) is 5.88 Å². The molecule has 3 aromatic rings. The van der Waals surface area contributed by atoms with Crippen LogP contribution in [0.15, 0.2) is 24.4 Å². The first kappa shape index (κ1) is 19.7. The zero-order valence-electron chi connectivity index (χ0n) is 17.6. The highest BCUT2D eigenvalue weighted by Gasteiger charge is 2.29. The quantitative estimate of drug-likeness (QED) is 0.679. The van der Waals surface area contributed by atoms with Crippen LogP contribution in [0.4, 0.5) is 22.0 Å². The van der Waals surface area contributed by atoms with Crippen LogP contribution in [0.1, 0.15) is 12.6 Å². The number of carbonyl (C=O) groups is 1. The summed E-state index contributed by atoms with van der Waals surface area (Å²) in [4.78, 5) is 25.6. The van der Waals surface area contributed by atoms with Crippen molar-refractivity contribution in [1.82, 2.24) is 24.6 Å². The fourth-order valence-corrected chi connectivity index (χ4v) is 3.83. The summed E-state index contributed by atoms with van der Waals surface area (Å²) in [5.41, 5.74) is 9.16. The highest BCUT2D eigenvalue weighted by molar-refractivity contribution is 5.92. The Kier molecular flexibility index (Phi) is 5.06. The molecule has 158 valence electrons. The van der Waals surface area contributed by atoms with E-state index in [4.69, 9.17) is 10.5 Å². The molecule has 0 aromatic carbocycles. The number of pyridine rings is 2. The Morgan fingerprint density at radius 2 is 2.10 bits per heavy atom. The number of nitrogen functional groups attached to an aromatic ring is 1. The van der Waals surface area contributed by atoms with Crippen molar-refractivity contribution in [3.63, 3.8) is 0 Å². The molecule has 0 saturated carbocycles. The van der Waals surface area contributed by atoms with Gasteiger partial charge in [0.1, 0.15) is 5.82 Å². The molecule has 0 unspecified atom stereocenters. The third kappa shape index (κ3) is 3.56. The Bertz CT molecular complexity index is 1100. The van der Waals surface area contributed by atoms with E-state index in [2.05, 4.69) is 32.2 Å². The average Bonchev–Trinajstić information content (AvgIpc) is 3.09. The van der Waals surface area contributed by atoms with Gasteiger partial charge < -0.3 is 25.6 Å². The number of anilines is 3. The van der Waals surface area contributed by atoms with Gasteiger partial charge in [-0.05, 0) is 19.9 Å². The maximum Gasteiger partial charge on any atom is 0.322 e. The molecule has 1 saturated heterocycles. The molecule has 4 heterocycles. The third-order valence-corrected chi connectivity index (χ3v) is 5.44. The topological polar surface area (TPSA) is 114 Å². The van der Waals surface area contributed by atoms with E-state index in [0.29, 0.717) is 42.7 Å². The summed E-state index contributed by atoms with van der Waals surface area (Å²) in [6.07, 6.45) is 1.81. The number of nitrogens with one attached hydrogen (secondary N) is 1. The molecule has 0 aliphatic carbocycles. The largest absolute Gasteiger partial charge is 0.481 e. The van der Waals surface area contributed by atoms with Gasteiger partial charge in [0.2, 0.25) is 5.88 Å². The van der Waals surface area contributed by atoms with E-state index in [0.717, 1.165) is 16.7 Å². The molecular weight excluding hydrogens is 384 g/mol. The highest BCUT2D eigenvalue weighted by Crippen LogP contribution is 2.30. The van der Waals surface area contributed by atoms with E-state index in [-0.39, 0.29) is 12.1 Å². The first-order valence-electron chi connectivity index (χ1n) is 9.80. The van der Waals surface area contributed by atoms with Gasteiger partial charge in [-0.1, -0.05) is 0 Å². The summed E-state index contributed by atoms with van der Waals surface area (Å²) in [5.74, 6) is 0.974. The Labute approximate surface area is 174 Å². The summed E-state index contributed by atoms with van der Waals surface area (Å²) in [6.45, 7) is 5.78. The average molecular weight is 410 g/mol. The number of urea groups is 1. The van der Waals surface area contributed by atoms with E-state index in [1.54, 1.807) is 23.9 Å². The van der Waals surface area contributed by atoms with Gasteiger partial charge in [0.25, 0.3) is 0 Å². The zero-order valence-corrected chi connectivity index (χ0v) is 17.6. The predicted octanol–water partition coefficient (Wildman–Crippen LogP) is 2.01. The molecule has 0 spiro atoms. The fourth-order valence-electron chi connectivity index (χ4n) is 3.83. The van der Waals surface area contributed by atoms with Crippen molar-refractivity contribution in [2.45, 2.75) is 19.9 Å². The number of rotatable bonds is 3. The summed E-state index contributed by atoms with van der Waals surface area (Å²) in [6, 6.07) is 5.37. The van der Waals surface area contributed by atoms with Crippen molar-refractivity contribution in [1.29, 1.82) is 0 Å². The molecule has 30 heavy (non-hydrogen) atoms. The lowest BCUT2D eigenvalue weighted by atomic mass is 10.1. The molecular formula is C20H26N8O2. The molecule has 2 amide bonds. The van der Waals surface area contributed by atoms with Crippen LogP contribution in [0.3, 0.4) is 0 Å². The van der Waals surface area contributed by atoms with Crippen molar-refractivity contribution in [3.05, 3.63) is 30.1 Å². The first-order chi connectivity index (χ1) is 14.4. The van der Waals surface area contributed by atoms with Gasteiger partial charge in [-0.3, -0.25) is 4.68 Å². The summed E-state index contributed by atoms with van der Waals surface area (Å²) >= 11 is 0. The smallest absolute Gasteiger partial charge is 0.322 e. The fraction of sp³-hybridized carbons (Fsp3) is 0.400. The number of ether oxygens (including phenoxy) is 1. The number of nitrogens with zero attached hydrogens (tertiary/aromatic N) is 6. The lowest BCUT2D eigenvalue weighted by Gasteiger charge is -2.41. The Morgan fingerprint density at radius 3 is 2.80 bits per heavy atom. The number of aryl methyl sites for hydroxylation is 2. The number of aromatic nitrogens is 4. The van der Waals surface area contributed by atoms with Gasteiger partial charge in [-0.15, -0.1) is 0 Å². The van der Waals surface area contributed by atoms with Crippen molar-refractivity contribution >= 4 is 34.3 Å². The molecule has 0 radical (unpaired) electrons. The molecule has 3 N–H and O–H groups in total. The number of amides is 2.